The van der Waals surface area contributed by atoms with E-state index in [0.29, 0.717) is 11.9 Å². The van der Waals surface area contributed by atoms with Gasteiger partial charge in [-0.15, -0.1) is 0 Å². The summed E-state index contributed by atoms with van der Waals surface area (Å²) in [6.45, 7) is 0. The number of hydrogen-bond acceptors (Lipinski definition) is 5. The van der Waals surface area contributed by atoms with E-state index in [0.717, 1.165) is 6.07 Å². The highest BCUT2D eigenvalue weighted by atomic mass is 35.5. The zero-order valence-electron chi connectivity index (χ0n) is 10.7. The molecular formula is C12H8ClF3N4O2. The van der Waals surface area contributed by atoms with Crippen LogP contribution in [-0.4, -0.2) is 9.91 Å². The first-order valence-electron chi connectivity index (χ1n) is 5.76. The van der Waals surface area contributed by atoms with Gasteiger partial charge < -0.3 is 0 Å². The molecule has 1 heterocycles. The highest BCUT2D eigenvalue weighted by molar-refractivity contribution is 6.33. The predicted molar refractivity (Wildman–Crippen MR) is 74.6 cm³/mol. The fraction of sp³-hybridized carbons (Fsp3) is 0.0833. The highest BCUT2D eigenvalue weighted by Crippen LogP contribution is 2.32. The minimum Gasteiger partial charge on any atom is -0.299 e. The quantitative estimate of drug-likeness (QED) is 0.651. The fourth-order valence-corrected chi connectivity index (χ4v) is 1.73. The molecule has 116 valence electrons. The Bertz CT molecular complexity index is 709. The molecule has 0 aliphatic rings. The van der Waals surface area contributed by atoms with E-state index in [1.807, 2.05) is 0 Å². The van der Waals surface area contributed by atoms with Gasteiger partial charge in [-0.3, -0.25) is 21.0 Å². The van der Waals surface area contributed by atoms with E-state index in [9.17, 15) is 23.3 Å². The number of nitrogens with one attached hydrogen (secondary N) is 2. The van der Waals surface area contributed by atoms with Crippen LogP contribution in [0, 0.1) is 10.1 Å². The van der Waals surface area contributed by atoms with E-state index in [2.05, 4.69) is 15.8 Å². The number of rotatable bonds is 4. The molecule has 2 N–H and O–H groups in total. The van der Waals surface area contributed by atoms with Crippen molar-refractivity contribution in [1.29, 1.82) is 0 Å². The first kappa shape index (κ1) is 15.8. The molecule has 2 rings (SSSR count). The third-order valence-corrected chi connectivity index (χ3v) is 2.84. The number of hydrogen-bond donors (Lipinski definition) is 2. The summed E-state index contributed by atoms with van der Waals surface area (Å²) >= 11 is 5.71. The molecular weight excluding hydrogens is 325 g/mol. The molecule has 0 bridgehead atoms. The molecule has 0 saturated heterocycles. The number of hydrazine groups is 1. The largest absolute Gasteiger partial charge is 0.417 e. The van der Waals surface area contributed by atoms with Crippen molar-refractivity contribution in [3.8, 4) is 0 Å². The topological polar surface area (TPSA) is 80.1 Å². The average Bonchev–Trinajstić information content (AvgIpc) is 2.45. The summed E-state index contributed by atoms with van der Waals surface area (Å²) in [5.41, 5.74) is 4.28. The Kier molecular flexibility index (Phi) is 4.36. The van der Waals surface area contributed by atoms with Crippen LogP contribution in [0.4, 0.5) is 30.4 Å². The van der Waals surface area contributed by atoms with Crippen molar-refractivity contribution in [3.05, 3.63) is 57.2 Å². The molecule has 0 atom stereocenters. The standard InChI is InChI=1S/C12H8ClF3N4O2/c13-10-4-7(12(14,15)16)6-17-11(10)19-18-8-2-1-3-9(5-8)20(21)22/h1-6,18H,(H,17,19). The summed E-state index contributed by atoms with van der Waals surface area (Å²) in [6, 6.07) is 6.24. The number of halogens is 4. The lowest BCUT2D eigenvalue weighted by atomic mass is 10.3. The first-order valence-corrected chi connectivity index (χ1v) is 6.14. The van der Waals surface area contributed by atoms with E-state index >= 15 is 0 Å². The summed E-state index contributed by atoms with van der Waals surface area (Å²) in [6.07, 6.45) is -3.91. The second-order valence-corrected chi connectivity index (χ2v) is 4.52. The Balaban J connectivity index is 2.12. The normalized spacial score (nSPS) is 11.1. The van der Waals surface area contributed by atoms with E-state index in [-0.39, 0.29) is 16.5 Å². The summed E-state index contributed by atoms with van der Waals surface area (Å²) in [5, 5.41) is 10.4. The number of benzene rings is 1. The minimum atomic E-state index is -4.54. The van der Waals surface area contributed by atoms with Crippen molar-refractivity contribution in [2.45, 2.75) is 6.18 Å². The van der Waals surface area contributed by atoms with Gasteiger partial charge in [-0.05, 0) is 12.1 Å². The molecule has 2 aromatic rings. The molecule has 0 radical (unpaired) electrons. The lowest BCUT2D eigenvalue weighted by Crippen LogP contribution is -2.12. The van der Waals surface area contributed by atoms with Crippen LogP contribution in [0.3, 0.4) is 0 Å². The fourth-order valence-electron chi connectivity index (χ4n) is 1.51. The van der Waals surface area contributed by atoms with Crippen molar-refractivity contribution in [3.63, 3.8) is 0 Å². The molecule has 0 spiro atoms. The van der Waals surface area contributed by atoms with E-state index in [1.54, 1.807) is 0 Å². The van der Waals surface area contributed by atoms with E-state index in [1.165, 1.54) is 24.3 Å². The Hall–Kier alpha value is -2.55. The van der Waals surface area contributed by atoms with Gasteiger partial charge >= 0.3 is 6.18 Å². The lowest BCUT2D eigenvalue weighted by molar-refractivity contribution is -0.384. The molecule has 6 nitrogen and oxygen atoms in total. The van der Waals surface area contributed by atoms with E-state index < -0.39 is 16.7 Å². The Morgan fingerprint density at radius 2 is 1.95 bits per heavy atom. The maximum absolute atomic E-state index is 12.5. The van der Waals surface area contributed by atoms with Crippen molar-refractivity contribution in [2.75, 3.05) is 10.9 Å². The lowest BCUT2D eigenvalue weighted by Gasteiger charge is -2.12. The van der Waals surface area contributed by atoms with Gasteiger partial charge in [0.05, 0.1) is 21.2 Å². The molecule has 0 aliphatic carbocycles. The maximum Gasteiger partial charge on any atom is 0.417 e. The Labute approximate surface area is 127 Å². The second kappa shape index (κ2) is 6.06. The van der Waals surface area contributed by atoms with Gasteiger partial charge in [0.25, 0.3) is 5.69 Å². The SMILES string of the molecule is O=[N+]([O-])c1cccc(NNc2ncc(C(F)(F)F)cc2Cl)c1. The molecule has 22 heavy (non-hydrogen) atoms. The number of nitrogens with zero attached hydrogens (tertiary/aromatic N) is 2. The van der Waals surface area contributed by atoms with Crippen molar-refractivity contribution in [2.24, 2.45) is 0 Å². The summed E-state index contributed by atoms with van der Waals surface area (Å²) in [5.74, 6) is -0.0406. The molecule has 0 unspecified atom stereocenters. The number of alkyl halides is 3. The van der Waals surface area contributed by atoms with Gasteiger partial charge in [0.1, 0.15) is 0 Å². The summed E-state index contributed by atoms with van der Waals surface area (Å²) < 4.78 is 37.4. The molecule has 0 aliphatic heterocycles. The van der Waals surface area contributed by atoms with Gasteiger partial charge in [0, 0.05) is 18.3 Å². The summed E-state index contributed by atoms with van der Waals surface area (Å²) in [4.78, 5) is 13.6. The van der Waals surface area contributed by atoms with Crippen LogP contribution in [0.5, 0.6) is 0 Å². The molecule has 1 aromatic carbocycles. The van der Waals surface area contributed by atoms with Crippen molar-refractivity contribution in [1.82, 2.24) is 4.98 Å². The first-order chi connectivity index (χ1) is 10.3. The molecule has 0 fully saturated rings. The van der Waals surface area contributed by atoms with Crippen LogP contribution < -0.4 is 10.9 Å². The molecule has 0 amide bonds. The number of non-ortho nitro benzene ring substituents is 1. The van der Waals surface area contributed by atoms with Crippen molar-refractivity contribution < 1.29 is 18.1 Å². The number of nitro benzene ring substituents is 1. The highest BCUT2D eigenvalue weighted by Gasteiger charge is 2.31. The van der Waals surface area contributed by atoms with Crippen LogP contribution in [0.2, 0.25) is 5.02 Å². The predicted octanol–water partition coefficient (Wildman–Crippen LogP) is 4.10. The van der Waals surface area contributed by atoms with Crippen LogP contribution in [0.1, 0.15) is 5.56 Å². The second-order valence-electron chi connectivity index (χ2n) is 4.11. The number of aromatic nitrogens is 1. The Morgan fingerprint density at radius 1 is 1.23 bits per heavy atom. The number of pyridine rings is 1. The van der Waals surface area contributed by atoms with Gasteiger partial charge in [0.15, 0.2) is 5.82 Å². The van der Waals surface area contributed by atoms with Crippen LogP contribution >= 0.6 is 11.6 Å². The Morgan fingerprint density at radius 3 is 2.55 bits per heavy atom. The van der Waals surface area contributed by atoms with Crippen LogP contribution in [0.25, 0.3) is 0 Å². The van der Waals surface area contributed by atoms with Gasteiger partial charge in [0.2, 0.25) is 0 Å². The van der Waals surface area contributed by atoms with Crippen molar-refractivity contribution >= 4 is 28.8 Å². The molecule has 0 saturated carbocycles. The average molecular weight is 333 g/mol. The molecule has 10 heteroatoms. The third-order valence-electron chi connectivity index (χ3n) is 2.55. The zero-order chi connectivity index (χ0) is 16.3. The van der Waals surface area contributed by atoms with Gasteiger partial charge in [-0.1, -0.05) is 17.7 Å². The number of anilines is 2. The van der Waals surface area contributed by atoms with Crippen LogP contribution in [-0.2, 0) is 6.18 Å². The summed E-state index contributed by atoms with van der Waals surface area (Å²) in [7, 11) is 0. The smallest absolute Gasteiger partial charge is 0.299 e. The van der Waals surface area contributed by atoms with Crippen LogP contribution in [0.15, 0.2) is 36.5 Å². The van der Waals surface area contributed by atoms with Gasteiger partial charge in [-0.2, -0.15) is 13.2 Å². The zero-order valence-corrected chi connectivity index (χ0v) is 11.4. The molecule has 1 aromatic heterocycles. The monoisotopic (exact) mass is 332 g/mol. The maximum atomic E-state index is 12.5. The number of nitro groups is 1. The minimum absolute atomic E-state index is 0.0406. The third kappa shape index (κ3) is 3.76. The van der Waals surface area contributed by atoms with E-state index in [4.69, 9.17) is 11.6 Å². The van der Waals surface area contributed by atoms with Gasteiger partial charge in [-0.25, -0.2) is 4.98 Å².